The largest absolute Gasteiger partial charge is 0.395 e. The summed E-state index contributed by atoms with van der Waals surface area (Å²) >= 11 is 9.50. The summed E-state index contributed by atoms with van der Waals surface area (Å²) in [5.41, 5.74) is 7.07. The van der Waals surface area contributed by atoms with Crippen LogP contribution in [-0.2, 0) is 0 Å². The fourth-order valence-corrected chi connectivity index (χ4v) is 2.41. The Morgan fingerprint density at radius 2 is 2.18 bits per heavy atom. The van der Waals surface area contributed by atoms with E-state index >= 15 is 0 Å². The molecule has 0 aromatic heterocycles. The molecule has 0 fully saturated rings. The smallest absolute Gasteiger partial charge is 0.0558 e. The third kappa shape index (κ3) is 4.94. The number of benzene rings is 1. The first-order chi connectivity index (χ1) is 8.04. The molecule has 1 aromatic rings. The first kappa shape index (κ1) is 14.9. The number of hydrogen-bond donors (Lipinski definition) is 2. The minimum absolute atomic E-state index is 0.0725. The van der Waals surface area contributed by atoms with Gasteiger partial charge in [0.2, 0.25) is 0 Å². The predicted octanol–water partition coefficient (Wildman–Crippen LogP) is 2.42. The Morgan fingerprint density at radius 3 is 2.76 bits per heavy atom. The second-order valence-electron chi connectivity index (χ2n) is 4.09. The Kier molecular flexibility index (Phi) is 6.44. The highest BCUT2D eigenvalue weighted by molar-refractivity contribution is 9.10. The van der Waals surface area contributed by atoms with Crippen molar-refractivity contribution in [3.8, 4) is 0 Å². The molecule has 0 amide bonds. The Morgan fingerprint density at radius 1 is 1.47 bits per heavy atom. The quantitative estimate of drug-likeness (QED) is 0.846. The Labute approximate surface area is 116 Å². The molecule has 0 saturated carbocycles. The summed E-state index contributed by atoms with van der Waals surface area (Å²) in [5, 5.41) is 9.49. The van der Waals surface area contributed by atoms with Crippen LogP contribution in [0.5, 0.6) is 0 Å². The van der Waals surface area contributed by atoms with Gasteiger partial charge in [0.25, 0.3) is 0 Å². The molecular formula is C12H18BrClN2O. The molecule has 0 heterocycles. The van der Waals surface area contributed by atoms with E-state index in [0.29, 0.717) is 11.6 Å². The van der Waals surface area contributed by atoms with Crippen molar-refractivity contribution in [1.29, 1.82) is 0 Å². The number of likely N-dealkylation sites (N-methyl/N-ethyl adjacent to an activating group) is 1. The van der Waals surface area contributed by atoms with Crippen molar-refractivity contribution in [2.45, 2.75) is 12.5 Å². The van der Waals surface area contributed by atoms with Crippen LogP contribution < -0.4 is 5.73 Å². The number of halogens is 2. The van der Waals surface area contributed by atoms with Crippen LogP contribution in [-0.4, -0.2) is 36.8 Å². The molecular weight excluding hydrogens is 304 g/mol. The second-order valence-corrected chi connectivity index (χ2v) is 5.41. The molecule has 0 saturated heterocycles. The average molecular weight is 322 g/mol. The standard InChI is InChI=1S/C12H18BrClN2O/c1-16(6-7-17)5-4-12(15)10-3-2-9(13)8-11(10)14/h2-3,8,12,17H,4-7,15H2,1H3. The van der Waals surface area contributed by atoms with Gasteiger partial charge in [-0.3, -0.25) is 0 Å². The molecule has 0 bridgehead atoms. The number of rotatable bonds is 6. The van der Waals surface area contributed by atoms with E-state index in [4.69, 9.17) is 22.4 Å². The van der Waals surface area contributed by atoms with E-state index in [1.54, 1.807) is 0 Å². The van der Waals surface area contributed by atoms with E-state index in [-0.39, 0.29) is 12.6 Å². The molecule has 96 valence electrons. The van der Waals surface area contributed by atoms with Gasteiger partial charge in [0.05, 0.1) is 6.61 Å². The van der Waals surface area contributed by atoms with Gasteiger partial charge in [0.15, 0.2) is 0 Å². The van der Waals surface area contributed by atoms with Crippen molar-refractivity contribution in [3.63, 3.8) is 0 Å². The van der Waals surface area contributed by atoms with Crippen LogP contribution in [0.3, 0.4) is 0 Å². The normalized spacial score (nSPS) is 13.1. The van der Waals surface area contributed by atoms with Gasteiger partial charge in [-0.25, -0.2) is 0 Å². The SMILES string of the molecule is CN(CCO)CCC(N)c1ccc(Br)cc1Cl. The zero-order valence-electron chi connectivity index (χ0n) is 9.87. The fourth-order valence-electron chi connectivity index (χ4n) is 1.60. The lowest BCUT2D eigenvalue weighted by Crippen LogP contribution is -2.26. The van der Waals surface area contributed by atoms with Crippen molar-refractivity contribution < 1.29 is 5.11 Å². The highest BCUT2D eigenvalue weighted by Gasteiger charge is 2.11. The molecule has 0 spiro atoms. The van der Waals surface area contributed by atoms with Crippen LogP contribution in [0.25, 0.3) is 0 Å². The van der Waals surface area contributed by atoms with E-state index in [0.717, 1.165) is 23.0 Å². The van der Waals surface area contributed by atoms with Crippen LogP contribution in [0.15, 0.2) is 22.7 Å². The molecule has 0 aliphatic rings. The first-order valence-electron chi connectivity index (χ1n) is 5.54. The van der Waals surface area contributed by atoms with Crippen LogP contribution in [0.2, 0.25) is 5.02 Å². The van der Waals surface area contributed by atoms with Gasteiger partial charge in [0, 0.05) is 22.1 Å². The van der Waals surface area contributed by atoms with Crippen LogP contribution in [0, 0.1) is 0 Å². The van der Waals surface area contributed by atoms with E-state index in [1.807, 2.05) is 30.1 Å². The third-order valence-electron chi connectivity index (χ3n) is 2.67. The minimum atomic E-state index is -0.0725. The maximum absolute atomic E-state index is 8.79. The first-order valence-corrected chi connectivity index (χ1v) is 6.71. The van der Waals surface area contributed by atoms with Crippen LogP contribution in [0.1, 0.15) is 18.0 Å². The molecule has 1 atom stereocenters. The van der Waals surface area contributed by atoms with E-state index in [1.165, 1.54) is 0 Å². The van der Waals surface area contributed by atoms with Gasteiger partial charge in [-0.05, 0) is 37.7 Å². The molecule has 5 heteroatoms. The summed E-state index contributed by atoms with van der Waals surface area (Å²) in [5.74, 6) is 0. The summed E-state index contributed by atoms with van der Waals surface area (Å²) in [7, 11) is 1.96. The van der Waals surface area contributed by atoms with Gasteiger partial charge in [-0.15, -0.1) is 0 Å². The molecule has 0 aliphatic heterocycles. The minimum Gasteiger partial charge on any atom is -0.395 e. The van der Waals surface area contributed by atoms with E-state index < -0.39 is 0 Å². The van der Waals surface area contributed by atoms with Crippen molar-refractivity contribution in [1.82, 2.24) is 4.90 Å². The number of nitrogens with two attached hydrogens (primary N) is 1. The van der Waals surface area contributed by atoms with Crippen molar-refractivity contribution in [3.05, 3.63) is 33.3 Å². The Bertz CT molecular complexity index is 362. The predicted molar refractivity (Wildman–Crippen MR) is 75.3 cm³/mol. The van der Waals surface area contributed by atoms with Gasteiger partial charge in [0.1, 0.15) is 0 Å². The lowest BCUT2D eigenvalue weighted by atomic mass is 10.0. The van der Waals surface area contributed by atoms with E-state index in [2.05, 4.69) is 15.9 Å². The summed E-state index contributed by atoms with van der Waals surface area (Å²) in [6.07, 6.45) is 0.817. The maximum Gasteiger partial charge on any atom is 0.0558 e. The number of hydrogen-bond acceptors (Lipinski definition) is 3. The highest BCUT2D eigenvalue weighted by Crippen LogP contribution is 2.26. The van der Waals surface area contributed by atoms with Gasteiger partial charge < -0.3 is 15.7 Å². The average Bonchev–Trinajstić information content (AvgIpc) is 2.26. The van der Waals surface area contributed by atoms with Crippen LogP contribution >= 0.6 is 27.5 Å². The molecule has 1 rings (SSSR count). The summed E-state index contributed by atoms with van der Waals surface area (Å²) in [6.45, 7) is 1.68. The number of aliphatic hydroxyl groups excluding tert-OH is 1. The highest BCUT2D eigenvalue weighted by atomic mass is 79.9. The van der Waals surface area contributed by atoms with Gasteiger partial charge >= 0.3 is 0 Å². The third-order valence-corrected chi connectivity index (χ3v) is 3.49. The molecule has 0 aliphatic carbocycles. The monoisotopic (exact) mass is 320 g/mol. The lowest BCUT2D eigenvalue weighted by Gasteiger charge is -2.19. The molecule has 3 N–H and O–H groups in total. The van der Waals surface area contributed by atoms with Gasteiger partial charge in [-0.2, -0.15) is 0 Å². The number of nitrogens with zero attached hydrogens (tertiary/aromatic N) is 1. The Hall–Kier alpha value is -0.130. The lowest BCUT2D eigenvalue weighted by molar-refractivity contribution is 0.217. The molecule has 1 aromatic carbocycles. The van der Waals surface area contributed by atoms with Crippen molar-refractivity contribution in [2.75, 3.05) is 26.7 Å². The summed E-state index contributed by atoms with van der Waals surface area (Å²) in [6, 6.07) is 5.67. The summed E-state index contributed by atoms with van der Waals surface area (Å²) in [4.78, 5) is 2.05. The topological polar surface area (TPSA) is 49.5 Å². The maximum atomic E-state index is 8.79. The zero-order chi connectivity index (χ0) is 12.8. The van der Waals surface area contributed by atoms with E-state index in [9.17, 15) is 0 Å². The van der Waals surface area contributed by atoms with Crippen molar-refractivity contribution in [2.24, 2.45) is 5.73 Å². The Balaban J connectivity index is 2.54. The molecule has 0 radical (unpaired) electrons. The molecule has 3 nitrogen and oxygen atoms in total. The van der Waals surface area contributed by atoms with Gasteiger partial charge in [-0.1, -0.05) is 33.6 Å². The van der Waals surface area contributed by atoms with Crippen LogP contribution in [0.4, 0.5) is 0 Å². The molecule has 1 unspecified atom stereocenters. The summed E-state index contributed by atoms with van der Waals surface area (Å²) < 4.78 is 0.954. The fraction of sp³-hybridized carbons (Fsp3) is 0.500. The van der Waals surface area contributed by atoms with Crippen molar-refractivity contribution >= 4 is 27.5 Å². The zero-order valence-corrected chi connectivity index (χ0v) is 12.2. The second kappa shape index (κ2) is 7.34. The number of aliphatic hydroxyl groups is 1. The molecule has 17 heavy (non-hydrogen) atoms.